The molecule has 2 aromatic rings. The van der Waals surface area contributed by atoms with Crippen molar-refractivity contribution in [1.29, 1.82) is 5.26 Å². The lowest BCUT2D eigenvalue weighted by molar-refractivity contribution is -0.0588. The van der Waals surface area contributed by atoms with Gasteiger partial charge in [-0.1, -0.05) is 0 Å². The maximum absolute atomic E-state index is 14.8. The van der Waals surface area contributed by atoms with E-state index in [-0.39, 0.29) is 22.5 Å². The number of ether oxygens (including phenoxy) is 1. The summed E-state index contributed by atoms with van der Waals surface area (Å²) >= 11 is 0. The van der Waals surface area contributed by atoms with Gasteiger partial charge in [0.05, 0.1) is 12.2 Å². The summed E-state index contributed by atoms with van der Waals surface area (Å²) in [5.74, 6) is -2.01. The summed E-state index contributed by atoms with van der Waals surface area (Å²) in [5, 5.41) is 22.4. The van der Waals surface area contributed by atoms with E-state index in [1.54, 1.807) is 6.92 Å². The molecule has 9 nitrogen and oxygen atoms in total. The summed E-state index contributed by atoms with van der Waals surface area (Å²) in [4.78, 5) is 31.9. The van der Waals surface area contributed by atoms with Crippen LogP contribution in [0.15, 0.2) is 35.5 Å². The molecule has 3 rings (SSSR count). The number of aliphatic imine (C=N–C) groups is 1. The van der Waals surface area contributed by atoms with Crippen LogP contribution in [0.2, 0.25) is 0 Å². The van der Waals surface area contributed by atoms with Crippen LogP contribution in [0.4, 0.5) is 23.7 Å². The fourth-order valence-corrected chi connectivity index (χ4v) is 3.43. The van der Waals surface area contributed by atoms with Crippen LogP contribution < -0.4 is 10.6 Å². The number of anilines is 1. The molecule has 1 aromatic heterocycles. The topological polar surface area (TPSA) is 137 Å². The number of amidine groups is 1. The molecule has 3 N–H and O–H groups in total. The standard InChI is InChI=1S/C22H20F3N5O4/c1-12-5-13(7-26)8-27-17(12)18(31)28-14-3-4-16(25)15(6-14)21(2)11-34-22(9-23,10-24)19(30-21)29-20(32)33/h3-6,8H,9-11H2,1-2H3,(H,28,31)(H,29,30)(H,32,33). The largest absolute Gasteiger partial charge is 0.465 e. The van der Waals surface area contributed by atoms with Crippen molar-refractivity contribution in [2.75, 3.05) is 25.3 Å². The lowest BCUT2D eigenvalue weighted by Crippen LogP contribution is -2.59. The fourth-order valence-electron chi connectivity index (χ4n) is 3.43. The average molecular weight is 475 g/mol. The third-order valence-corrected chi connectivity index (χ3v) is 5.30. The SMILES string of the molecule is Cc1cc(C#N)cnc1C(=O)Nc1ccc(F)c(C2(C)COC(CF)(CF)C(NC(=O)O)=N2)c1. The van der Waals surface area contributed by atoms with Gasteiger partial charge < -0.3 is 15.2 Å². The smallest absolute Gasteiger partial charge is 0.410 e. The highest BCUT2D eigenvalue weighted by Crippen LogP contribution is 2.36. The number of carbonyl (C=O) groups is 2. The Morgan fingerprint density at radius 3 is 2.56 bits per heavy atom. The molecule has 0 saturated heterocycles. The predicted molar refractivity (Wildman–Crippen MR) is 115 cm³/mol. The third kappa shape index (κ3) is 4.69. The van der Waals surface area contributed by atoms with E-state index in [4.69, 9.17) is 15.1 Å². The monoisotopic (exact) mass is 475 g/mol. The van der Waals surface area contributed by atoms with Crippen molar-refractivity contribution in [2.24, 2.45) is 4.99 Å². The Hall–Kier alpha value is -3.98. The van der Waals surface area contributed by atoms with Crippen LogP contribution in [0.5, 0.6) is 0 Å². The Bertz CT molecular complexity index is 1210. The van der Waals surface area contributed by atoms with Crippen molar-refractivity contribution in [3.8, 4) is 6.07 Å². The molecule has 2 heterocycles. The highest BCUT2D eigenvalue weighted by molar-refractivity contribution is 6.04. The van der Waals surface area contributed by atoms with Crippen molar-refractivity contribution in [3.63, 3.8) is 0 Å². The molecule has 1 aliphatic heterocycles. The van der Waals surface area contributed by atoms with E-state index in [0.29, 0.717) is 5.56 Å². The van der Waals surface area contributed by atoms with E-state index in [2.05, 4.69) is 15.3 Å². The van der Waals surface area contributed by atoms with Gasteiger partial charge in [-0.15, -0.1) is 0 Å². The maximum atomic E-state index is 14.8. The Kier molecular flexibility index (Phi) is 6.88. The number of pyridine rings is 1. The van der Waals surface area contributed by atoms with E-state index in [9.17, 15) is 22.8 Å². The molecular weight excluding hydrogens is 455 g/mol. The molecule has 0 aliphatic carbocycles. The van der Waals surface area contributed by atoms with Gasteiger partial charge in [0, 0.05) is 17.4 Å². The Morgan fingerprint density at radius 2 is 1.97 bits per heavy atom. The number of amides is 2. The van der Waals surface area contributed by atoms with Gasteiger partial charge in [-0.2, -0.15) is 5.26 Å². The normalized spacial score (nSPS) is 19.0. The van der Waals surface area contributed by atoms with Crippen molar-refractivity contribution in [1.82, 2.24) is 10.3 Å². The third-order valence-electron chi connectivity index (χ3n) is 5.30. The molecule has 0 fully saturated rings. The van der Waals surface area contributed by atoms with Crippen LogP contribution >= 0.6 is 0 Å². The van der Waals surface area contributed by atoms with Crippen LogP contribution in [0.25, 0.3) is 0 Å². The molecule has 12 heteroatoms. The molecule has 0 bridgehead atoms. The van der Waals surface area contributed by atoms with E-state index < -0.39 is 54.7 Å². The lowest BCUT2D eigenvalue weighted by atomic mass is 9.89. The number of hydrogen-bond donors (Lipinski definition) is 3. The number of halogens is 3. The molecule has 1 unspecified atom stereocenters. The summed E-state index contributed by atoms with van der Waals surface area (Å²) in [7, 11) is 0. The van der Waals surface area contributed by atoms with Crippen LogP contribution in [0.1, 0.15) is 34.1 Å². The molecule has 0 radical (unpaired) electrons. The van der Waals surface area contributed by atoms with Crippen molar-refractivity contribution < 1.29 is 32.6 Å². The average Bonchev–Trinajstić information content (AvgIpc) is 2.80. The molecule has 34 heavy (non-hydrogen) atoms. The fraction of sp³-hybridized carbons (Fsp3) is 0.318. The van der Waals surface area contributed by atoms with Gasteiger partial charge in [0.15, 0.2) is 5.60 Å². The number of rotatable bonds is 5. The first-order chi connectivity index (χ1) is 16.1. The number of nitriles is 1. The number of nitrogens with one attached hydrogen (secondary N) is 2. The summed E-state index contributed by atoms with van der Waals surface area (Å²) in [6.45, 7) is -0.251. The summed E-state index contributed by atoms with van der Waals surface area (Å²) in [5.41, 5.74) is -2.98. The number of alkyl halides is 2. The number of aromatic nitrogens is 1. The van der Waals surface area contributed by atoms with Gasteiger partial charge in [-0.05, 0) is 43.7 Å². The zero-order valence-corrected chi connectivity index (χ0v) is 18.2. The molecule has 0 saturated carbocycles. The van der Waals surface area contributed by atoms with E-state index in [0.717, 1.165) is 6.07 Å². The second-order valence-corrected chi connectivity index (χ2v) is 7.86. The van der Waals surface area contributed by atoms with Gasteiger partial charge in [0.2, 0.25) is 0 Å². The van der Waals surface area contributed by atoms with Crippen molar-refractivity contribution in [2.45, 2.75) is 25.0 Å². The minimum atomic E-state index is -2.25. The molecule has 0 spiro atoms. The number of carbonyl (C=O) groups excluding carboxylic acids is 1. The predicted octanol–water partition coefficient (Wildman–Crippen LogP) is 3.24. The summed E-state index contributed by atoms with van der Waals surface area (Å²) in [6.07, 6.45) is -0.379. The zero-order valence-electron chi connectivity index (χ0n) is 18.2. The first-order valence-corrected chi connectivity index (χ1v) is 9.92. The number of carboxylic acid groups (broad SMARTS) is 1. The number of aryl methyl sites for hydroxylation is 1. The van der Waals surface area contributed by atoms with E-state index in [1.807, 2.05) is 11.4 Å². The van der Waals surface area contributed by atoms with Crippen LogP contribution in [-0.2, 0) is 10.3 Å². The number of hydrogen-bond acceptors (Lipinski definition) is 6. The number of nitrogens with zero attached hydrogens (tertiary/aromatic N) is 3. The van der Waals surface area contributed by atoms with Crippen LogP contribution in [0, 0.1) is 24.1 Å². The minimum absolute atomic E-state index is 0.0544. The van der Waals surface area contributed by atoms with E-state index in [1.165, 1.54) is 31.3 Å². The minimum Gasteiger partial charge on any atom is -0.465 e. The Morgan fingerprint density at radius 1 is 1.26 bits per heavy atom. The highest BCUT2D eigenvalue weighted by atomic mass is 19.1. The van der Waals surface area contributed by atoms with Crippen LogP contribution in [0.3, 0.4) is 0 Å². The zero-order chi connectivity index (χ0) is 25.1. The van der Waals surface area contributed by atoms with E-state index >= 15 is 0 Å². The second kappa shape index (κ2) is 9.48. The van der Waals surface area contributed by atoms with Gasteiger partial charge in [0.25, 0.3) is 5.91 Å². The van der Waals surface area contributed by atoms with Gasteiger partial charge in [-0.25, -0.2) is 22.9 Å². The lowest BCUT2D eigenvalue weighted by Gasteiger charge is -2.40. The molecule has 1 aliphatic rings. The summed E-state index contributed by atoms with van der Waals surface area (Å²) < 4.78 is 47.3. The molecule has 1 aromatic carbocycles. The van der Waals surface area contributed by atoms with Crippen molar-refractivity contribution >= 4 is 23.5 Å². The Labute approximate surface area is 192 Å². The quantitative estimate of drug-likeness (QED) is 0.607. The molecule has 2 amide bonds. The summed E-state index contributed by atoms with van der Waals surface area (Å²) in [6, 6.07) is 7.01. The highest BCUT2D eigenvalue weighted by Gasteiger charge is 2.47. The first kappa shape index (κ1) is 24.7. The molecule has 178 valence electrons. The first-order valence-electron chi connectivity index (χ1n) is 9.92. The van der Waals surface area contributed by atoms with Crippen LogP contribution in [-0.4, -0.2) is 53.5 Å². The number of benzene rings is 1. The molecule has 1 atom stereocenters. The van der Waals surface area contributed by atoms with Gasteiger partial charge in [0.1, 0.15) is 42.3 Å². The maximum Gasteiger partial charge on any atom is 0.410 e. The van der Waals surface area contributed by atoms with Gasteiger partial charge in [-0.3, -0.25) is 15.1 Å². The second-order valence-electron chi connectivity index (χ2n) is 7.86. The molecular formula is C22H20F3N5O4. The van der Waals surface area contributed by atoms with Crippen molar-refractivity contribution in [3.05, 3.63) is 58.7 Å². The van der Waals surface area contributed by atoms with Gasteiger partial charge >= 0.3 is 6.09 Å². The Balaban J connectivity index is 1.97.